The van der Waals surface area contributed by atoms with Crippen molar-refractivity contribution < 1.29 is 9.53 Å². The number of hydrogen-bond donors (Lipinski definition) is 2. The molecule has 1 aliphatic carbocycles. The van der Waals surface area contributed by atoms with Gasteiger partial charge in [0.1, 0.15) is 5.00 Å². The third-order valence-corrected chi connectivity index (χ3v) is 5.88. The van der Waals surface area contributed by atoms with Crippen LogP contribution in [-0.2, 0) is 17.6 Å². The number of hydrogen-bond acceptors (Lipinski definition) is 4. The van der Waals surface area contributed by atoms with E-state index in [0.29, 0.717) is 15.7 Å². The zero-order chi connectivity index (χ0) is 18.0. The Morgan fingerprint density at radius 2 is 2.04 bits per heavy atom. The molecule has 4 nitrogen and oxygen atoms in total. The van der Waals surface area contributed by atoms with Gasteiger partial charge in [-0.3, -0.25) is 0 Å². The van der Waals surface area contributed by atoms with Gasteiger partial charge >= 0.3 is 5.97 Å². The molecule has 0 saturated heterocycles. The van der Waals surface area contributed by atoms with Gasteiger partial charge in [0, 0.05) is 15.6 Å². The van der Waals surface area contributed by atoms with Crippen molar-refractivity contribution in [2.24, 2.45) is 0 Å². The fourth-order valence-corrected chi connectivity index (χ4v) is 4.69. The highest BCUT2D eigenvalue weighted by Crippen LogP contribution is 2.38. The normalized spacial score (nSPS) is 13.1. The van der Waals surface area contributed by atoms with E-state index >= 15 is 0 Å². The maximum atomic E-state index is 12.3. The number of carbonyl (C=O) groups excluding carboxylic acids is 1. The van der Waals surface area contributed by atoms with E-state index in [-0.39, 0.29) is 5.97 Å². The number of benzene rings is 1. The number of rotatable bonds is 3. The molecule has 7 heteroatoms. The van der Waals surface area contributed by atoms with Crippen LogP contribution in [0.3, 0.4) is 0 Å². The van der Waals surface area contributed by atoms with Crippen molar-refractivity contribution in [2.45, 2.75) is 32.6 Å². The van der Waals surface area contributed by atoms with Gasteiger partial charge in [-0.15, -0.1) is 11.3 Å². The molecule has 3 rings (SSSR count). The number of carbonyl (C=O) groups is 1. The lowest BCUT2D eigenvalue weighted by molar-refractivity contribution is 0.0601. The third-order valence-electron chi connectivity index (χ3n) is 4.24. The molecule has 1 heterocycles. The van der Waals surface area contributed by atoms with Crippen molar-refractivity contribution in [2.75, 3.05) is 17.7 Å². The molecular weight excluding hydrogens is 376 g/mol. The van der Waals surface area contributed by atoms with Crippen molar-refractivity contribution in [3.63, 3.8) is 0 Å². The van der Waals surface area contributed by atoms with Crippen LogP contribution in [0.1, 0.15) is 39.2 Å². The lowest BCUT2D eigenvalue weighted by Gasteiger charge is -2.13. The minimum atomic E-state index is -0.316. The van der Waals surface area contributed by atoms with Gasteiger partial charge in [0.25, 0.3) is 0 Å². The van der Waals surface area contributed by atoms with E-state index in [9.17, 15) is 4.79 Å². The molecule has 0 fully saturated rings. The minimum absolute atomic E-state index is 0.316. The van der Waals surface area contributed by atoms with Crippen LogP contribution in [0, 0.1) is 6.92 Å². The molecule has 0 aliphatic heterocycles. The van der Waals surface area contributed by atoms with Gasteiger partial charge in [-0.1, -0.05) is 17.7 Å². The predicted octanol–water partition coefficient (Wildman–Crippen LogP) is 5.18. The summed E-state index contributed by atoms with van der Waals surface area (Å²) in [5.74, 6) is -0.316. The number of fused-ring (bicyclic) bond motifs is 1. The first-order valence-electron chi connectivity index (χ1n) is 8.06. The Morgan fingerprint density at radius 1 is 1.28 bits per heavy atom. The second-order valence-electron chi connectivity index (χ2n) is 5.94. The van der Waals surface area contributed by atoms with Crippen LogP contribution in [0.5, 0.6) is 0 Å². The number of halogens is 1. The molecule has 0 amide bonds. The molecule has 1 aliphatic rings. The Labute approximate surface area is 161 Å². The molecular formula is C18H19ClN2O2S2. The van der Waals surface area contributed by atoms with Gasteiger partial charge in [-0.25, -0.2) is 4.79 Å². The van der Waals surface area contributed by atoms with E-state index in [1.807, 2.05) is 25.1 Å². The largest absolute Gasteiger partial charge is 0.465 e. The van der Waals surface area contributed by atoms with Crippen LogP contribution in [0.2, 0.25) is 5.02 Å². The third kappa shape index (κ3) is 3.97. The number of methoxy groups -OCH3 is 1. The van der Waals surface area contributed by atoms with E-state index in [4.69, 9.17) is 28.6 Å². The van der Waals surface area contributed by atoms with Crippen LogP contribution >= 0.6 is 35.2 Å². The highest BCUT2D eigenvalue weighted by atomic mass is 35.5. The van der Waals surface area contributed by atoms with Crippen molar-refractivity contribution >= 4 is 56.9 Å². The first-order chi connectivity index (χ1) is 12.0. The van der Waals surface area contributed by atoms with Crippen molar-refractivity contribution in [1.29, 1.82) is 0 Å². The summed E-state index contributed by atoms with van der Waals surface area (Å²) in [6, 6.07) is 5.59. The van der Waals surface area contributed by atoms with Gasteiger partial charge in [0.15, 0.2) is 5.11 Å². The maximum Gasteiger partial charge on any atom is 0.341 e. The van der Waals surface area contributed by atoms with Crippen LogP contribution in [0.4, 0.5) is 10.7 Å². The number of aryl methyl sites for hydroxylation is 2. The van der Waals surface area contributed by atoms with Gasteiger partial charge in [0.05, 0.1) is 12.7 Å². The monoisotopic (exact) mass is 394 g/mol. The van der Waals surface area contributed by atoms with E-state index in [1.54, 1.807) is 11.3 Å². The molecule has 2 aromatic rings. The molecule has 1 aromatic heterocycles. The molecule has 1 aromatic carbocycles. The van der Waals surface area contributed by atoms with Crippen molar-refractivity contribution in [3.05, 3.63) is 44.8 Å². The van der Waals surface area contributed by atoms with E-state index in [2.05, 4.69) is 10.6 Å². The molecule has 0 unspecified atom stereocenters. The number of anilines is 2. The second kappa shape index (κ2) is 7.72. The highest BCUT2D eigenvalue weighted by Gasteiger charge is 2.26. The number of nitrogens with one attached hydrogen (secondary N) is 2. The fraction of sp³-hybridized carbons (Fsp3) is 0.333. The summed E-state index contributed by atoms with van der Waals surface area (Å²) in [4.78, 5) is 13.5. The zero-order valence-electron chi connectivity index (χ0n) is 14.1. The van der Waals surface area contributed by atoms with Crippen molar-refractivity contribution in [1.82, 2.24) is 0 Å². The smallest absolute Gasteiger partial charge is 0.341 e. The summed E-state index contributed by atoms with van der Waals surface area (Å²) in [5, 5.41) is 8.14. The Kier molecular flexibility index (Phi) is 5.61. The Hall–Kier alpha value is -1.63. The molecule has 0 radical (unpaired) electrons. The number of ether oxygens (including phenoxy) is 1. The molecule has 0 saturated carbocycles. The van der Waals surface area contributed by atoms with Crippen LogP contribution in [0.15, 0.2) is 18.2 Å². The molecule has 0 bridgehead atoms. The Bertz CT molecular complexity index is 833. The Morgan fingerprint density at radius 3 is 2.80 bits per heavy atom. The standard InChI is InChI=1S/C18H19ClN2O2S2/c1-10-7-8-11(19)9-13(10)20-18(24)21-16-15(17(22)23-2)12-5-3-4-6-14(12)25-16/h7-9H,3-6H2,1-2H3,(H2,20,21,24). The molecule has 25 heavy (non-hydrogen) atoms. The number of thiocarbonyl (C=S) groups is 1. The van der Waals surface area contributed by atoms with Crippen LogP contribution in [0.25, 0.3) is 0 Å². The molecule has 0 atom stereocenters. The van der Waals surface area contributed by atoms with Gasteiger partial charge in [-0.05, 0) is 68.1 Å². The summed E-state index contributed by atoms with van der Waals surface area (Å²) in [6.07, 6.45) is 4.15. The molecule has 0 spiro atoms. The summed E-state index contributed by atoms with van der Waals surface area (Å²) >= 11 is 13.1. The fourth-order valence-electron chi connectivity index (χ4n) is 2.96. The van der Waals surface area contributed by atoms with E-state index < -0.39 is 0 Å². The van der Waals surface area contributed by atoms with Gasteiger partial charge in [-0.2, -0.15) is 0 Å². The predicted molar refractivity (Wildman–Crippen MR) is 108 cm³/mol. The van der Waals surface area contributed by atoms with Gasteiger partial charge in [0.2, 0.25) is 0 Å². The van der Waals surface area contributed by atoms with Crippen LogP contribution in [-0.4, -0.2) is 18.2 Å². The quantitative estimate of drug-likeness (QED) is 0.554. The van der Waals surface area contributed by atoms with E-state index in [0.717, 1.165) is 47.5 Å². The topological polar surface area (TPSA) is 50.4 Å². The first kappa shape index (κ1) is 18.2. The SMILES string of the molecule is COC(=O)c1c(NC(=S)Nc2cc(Cl)ccc2C)sc2c1CCCC2. The zero-order valence-corrected chi connectivity index (χ0v) is 16.5. The summed E-state index contributed by atoms with van der Waals surface area (Å²) in [5.41, 5.74) is 3.60. The summed E-state index contributed by atoms with van der Waals surface area (Å²) in [7, 11) is 1.41. The number of esters is 1. The molecule has 132 valence electrons. The van der Waals surface area contributed by atoms with E-state index in [1.165, 1.54) is 12.0 Å². The average molecular weight is 395 g/mol. The molecule has 2 N–H and O–H groups in total. The lowest BCUT2D eigenvalue weighted by Crippen LogP contribution is -2.20. The minimum Gasteiger partial charge on any atom is -0.465 e. The highest BCUT2D eigenvalue weighted by molar-refractivity contribution is 7.80. The second-order valence-corrected chi connectivity index (χ2v) is 7.89. The summed E-state index contributed by atoms with van der Waals surface area (Å²) < 4.78 is 4.98. The van der Waals surface area contributed by atoms with Crippen LogP contribution < -0.4 is 10.6 Å². The lowest BCUT2D eigenvalue weighted by atomic mass is 9.95. The average Bonchev–Trinajstić information content (AvgIpc) is 2.95. The van der Waals surface area contributed by atoms with Gasteiger partial charge < -0.3 is 15.4 Å². The first-order valence-corrected chi connectivity index (χ1v) is 9.67. The number of thiophene rings is 1. The Balaban J connectivity index is 1.84. The summed E-state index contributed by atoms with van der Waals surface area (Å²) in [6.45, 7) is 1.98. The van der Waals surface area contributed by atoms with Crippen molar-refractivity contribution in [3.8, 4) is 0 Å². The maximum absolute atomic E-state index is 12.3.